The number of pyridine rings is 1. The number of anilines is 1. The maximum Gasteiger partial charge on any atom is 0.339 e. The molecule has 2 aliphatic rings. The van der Waals surface area contributed by atoms with E-state index in [2.05, 4.69) is 5.32 Å². The number of nitrogens with one attached hydrogen (secondary N) is 1. The molecule has 1 N–H and O–H groups in total. The minimum absolute atomic E-state index is 0.0236. The molecular weight excluding hydrogens is 526 g/mol. The third kappa shape index (κ3) is 5.07. The highest BCUT2D eigenvalue weighted by Crippen LogP contribution is 2.38. The van der Waals surface area contributed by atoms with E-state index >= 15 is 0 Å². The average Bonchev–Trinajstić information content (AvgIpc) is 3.44. The van der Waals surface area contributed by atoms with E-state index in [1.165, 1.54) is 25.1 Å². The Morgan fingerprint density at radius 2 is 1.83 bits per heavy atom. The summed E-state index contributed by atoms with van der Waals surface area (Å²) in [6, 6.07) is 18.8. The number of carbonyl (C=O) groups is 2. The molecule has 6 rings (SSSR count). The summed E-state index contributed by atoms with van der Waals surface area (Å²) in [5.41, 5.74) is 4.16. The van der Waals surface area contributed by atoms with Crippen molar-refractivity contribution in [1.29, 1.82) is 0 Å². The fourth-order valence-electron chi connectivity index (χ4n) is 5.16. The molecule has 10 heteroatoms. The van der Waals surface area contributed by atoms with Gasteiger partial charge < -0.3 is 19.5 Å². The highest BCUT2D eigenvalue weighted by Gasteiger charge is 2.29. The number of para-hydroxylation sites is 3. The van der Waals surface area contributed by atoms with Crippen LogP contribution in [0.4, 0.5) is 11.4 Å². The van der Waals surface area contributed by atoms with Gasteiger partial charge >= 0.3 is 5.97 Å². The van der Waals surface area contributed by atoms with Gasteiger partial charge in [0.25, 0.3) is 11.6 Å². The monoisotopic (exact) mass is 551 g/mol. The zero-order valence-corrected chi connectivity index (χ0v) is 22.1. The summed E-state index contributed by atoms with van der Waals surface area (Å²) in [7, 11) is 0. The minimum atomic E-state index is -1.21. The summed E-state index contributed by atoms with van der Waals surface area (Å²) in [5.74, 6) is 0.0438. The molecule has 1 aliphatic heterocycles. The first-order valence-corrected chi connectivity index (χ1v) is 13.2. The second kappa shape index (κ2) is 10.7. The van der Waals surface area contributed by atoms with Crippen LogP contribution in [0.25, 0.3) is 22.6 Å². The zero-order chi connectivity index (χ0) is 28.5. The lowest BCUT2D eigenvalue weighted by molar-refractivity contribution is -0.383. The Labute approximate surface area is 234 Å². The Hall–Kier alpha value is -5.25. The normalized spacial score (nSPS) is 15.3. The van der Waals surface area contributed by atoms with Crippen LogP contribution in [0.5, 0.6) is 11.5 Å². The molecule has 1 aliphatic carbocycles. The van der Waals surface area contributed by atoms with Crippen molar-refractivity contribution >= 4 is 45.8 Å². The van der Waals surface area contributed by atoms with Crippen molar-refractivity contribution in [3.63, 3.8) is 0 Å². The lowest BCUT2D eigenvalue weighted by atomic mass is 9.86. The van der Waals surface area contributed by atoms with Gasteiger partial charge in [0, 0.05) is 11.5 Å². The van der Waals surface area contributed by atoms with Crippen LogP contribution in [-0.2, 0) is 16.0 Å². The van der Waals surface area contributed by atoms with Gasteiger partial charge in [-0.15, -0.1) is 0 Å². The van der Waals surface area contributed by atoms with E-state index in [1.54, 1.807) is 6.07 Å². The van der Waals surface area contributed by atoms with Gasteiger partial charge in [-0.05, 0) is 73.2 Å². The van der Waals surface area contributed by atoms with Gasteiger partial charge in [0.05, 0.1) is 21.7 Å². The number of benzene rings is 3. The number of hydrogen-bond donors (Lipinski definition) is 1. The Morgan fingerprint density at radius 1 is 1.05 bits per heavy atom. The van der Waals surface area contributed by atoms with Crippen LogP contribution >= 0.6 is 0 Å². The standard InChI is InChI=1S/C31H25N3O7/c1-18(30(35)33-24-11-4-5-12-25(24)34(37)38)41-31(36)28-21-8-2-3-10-23(21)32-29-20(7-6-9-22(28)29)15-19-13-14-26-27(16-19)40-17-39-26/h2-5,8,10-16,18H,6-7,9,17H2,1H3,(H,33,35)/b20-15-. The number of nitro groups is 1. The fraction of sp³-hybridized carbons (Fsp3) is 0.194. The average molecular weight is 552 g/mol. The second-order valence-corrected chi connectivity index (χ2v) is 9.78. The van der Waals surface area contributed by atoms with E-state index in [1.807, 2.05) is 48.5 Å². The Bertz CT molecular complexity index is 1750. The zero-order valence-electron chi connectivity index (χ0n) is 22.1. The minimum Gasteiger partial charge on any atom is -0.454 e. The fourth-order valence-corrected chi connectivity index (χ4v) is 5.16. The third-order valence-corrected chi connectivity index (χ3v) is 7.12. The molecule has 41 heavy (non-hydrogen) atoms. The smallest absolute Gasteiger partial charge is 0.339 e. The van der Waals surface area contributed by atoms with Gasteiger partial charge in [0.2, 0.25) is 6.79 Å². The van der Waals surface area contributed by atoms with Crippen LogP contribution in [0.1, 0.15) is 46.9 Å². The highest BCUT2D eigenvalue weighted by atomic mass is 16.7. The van der Waals surface area contributed by atoms with Gasteiger partial charge in [-0.25, -0.2) is 9.78 Å². The van der Waals surface area contributed by atoms with E-state index in [4.69, 9.17) is 19.2 Å². The number of nitrogens with zero attached hydrogens (tertiary/aromatic N) is 2. The lowest BCUT2D eigenvalue weighted by Gasteiger charge is -2.23. The SMILES string of the molecule is CC(OC(=O)c1c2c(nc3ccccc13)/C(=C\c1ccc3c(c1)OCO3)CCC2)C(=O)Nc1ccccc1[N+](=O)[O-]. The van der Waals surface area contributed by atoms with Crippen LogP contribution in [0, 0.1) is 10.1 Å². The molecule has 0 saturated carbocycles. The molecule has 206 valence electrons. The lowest BCUT2D eigenvalue weighted by Crippen LogP contribution is -2.31. The maximum atomic E-state index is 13.7. The molecule has 1 unspecified atom stereocenters. The number of nitro benzene ring substituents is 1. The molecule has 1 aromatic heterocycles. The number of carbonyl (C=O) groups excluding carboxylic acids is 2. The Kier molecular flexibility index (Phi) is 6.80. The molecule has 0 radical (unpaired) electrons. The van der Waals surface area contributed by atoms with E-state index in [0.717, 1.165) is 35.2 Å². The second-order valence-electron chi connectivity index (χ2n) is 9.78. The molecule has 10 nitrogen and oxygen atoms in total. The van der Waals surface area contributed by atoms with Gasteiger partial charge in [0.15, 0.2) is 17.6 Å². The molecule has 0 spiro atoms. The number of aromatic nitrogens is 1. The molecule has 0 bridgehead atoms. The number of esters is 1. The predicted molar refractivity (Wildman–Crippen MR) is 152 cm³/mol. The molecule has 0 fully saturated rings. The molecular formula is C31H25N3O7. The largest absolute Gasteiger partial charge is 0.454 e. The van der Waals surface area contributed by atoms with Crippen molar-refractivity contribution < 1.29 is 28.7 Å². The third-order valence-electron chi connectivity index (χ3n) is 7.12. The van der Waals surface area contributed by atoms with Gasteiger partial charge in [-0.3, -0.25) is 14.9 Å². The van der Waals surface area contributed by atoms with E-state index in [0.29, 0.717) is 34.4 Å². The number of fused-ring (bicyclic) bond motifs is 3. The summed E-state index contributed by atoms with van der Waals surface area (Å²) < 4.78 is 16.6. The summed E-state index contributed by atoms with van der Waals surface area (Å²) in [6.07, 6.45) is 3.02. The first-order valence-electron chi connectivity index (χ1n) is 13.2. The Morgan fingerprint density at radius 3 is 2.68 bits per heavy atom. The van der Waals surface area contributed by atoms with E-state index < -0.39 is 22.9 Å². The maximum absolute atomic E-state index is 13.7. The topological polar surface area (TPSA) is 130 Å². The van der Waals surface area contributed by atoms with Crippen molar-refractivity contribution in [3.05, 3.63) is 99.2 Å². The van der Waals surface area contributed by atoms with Crippen LogP contribution in [0.3, 0.4) is 0 Å². The quantitative estimate of drug-likeness (QED) is 0.177. The summed E-state index contributed by atoms with van der Waals surface area (Å²) >= 11 is 0. The van der Waals surface area contributed by atoms with Gasteiger partial charge in [-0.1, -0.05) is 36.4 Å². The van der Waals surface area contributed by atoms with Crippen molar-refractivity contribution in [2.45, 2.75) is 32.3 Å². The van der Waals surface area contributed by atoms with Crippen LogP contribution < -0.4 is 14.8 Å². The first-order chi connectivity index (χ1) is 19.9. The molecule has 3 aromatic carbocycles. The number of hydrogen-bond acceptors (Lipinski definition) is 8. The summed E-state index contributed by atoms with van der Waals surface area (Å²) in [5, 5.41) is 14.5. The molecule has 1 atom stereocenters. The van der Waals surface area contributed by atoms with Crippen molar-refractivity contribution in [2.75, 3.05) is 12.1 Å². The first kappa shape index (κ1) is 26.0. The van der Waals surface area contributed by atoms with E-state index in [9.17, 15) is 19.7 Å². The molecule has 4 aromatic rings. The molecule has 1 amide bonds. The van der Waals surface area contributed by atoms with Crippen molar-refractivity contribution in [3.8, 4) is 11.5 Å². The predicted octanol–water partition coefficient (Wildman–Crippen LogP) is 5.93. The number of amides is 1. The number of rotatable bonds is 6. The molecule has 0 saturated heterocycles. The number of ether oxygens (including phenoxy) is 3. The van der Waals surface area contributed by atoms with Gasteiger partial charge in [0.1, 0.15) is 5.69 Å². The highest BCUT2D eigenvalue weighted by molar-refractivity contribution is 6.08. The summed E-state index contributed by atoms with van der Waals surface area (Å²) in [4.78, 5) is 42.2. The Balaban J connectivity index is 1.33. The van der Waals surface area contributed by atoms with Crippen molar-refractivity contribution in [1.82, 2.24) is 4.98 Å². The summed E-state index contributed by atoms with van der Waals surface area (Å²) in [6.45, 7) is 1.62. The van der Waals surface area contributed by atoms with Gasteiger partial charge in [-0.2, -0.15) is 0 Å². The van der Waals surface area contributed by atoms with Crippen molar-refractivity contribution in [2.24, 2.45) is 0 Å². The number of allylic oxidation sites excluding steroid dienone is 1. The van der Waals surface area contributed by atoms with E-state index in [-0.39, 0.29) is 18.2 Å². The van der Waals surface area contributed by atoms with Crippen LogP contribution in [0.2, 0.25) is 0 Å². The van der Waals surface area contributed by atoms with Crippen LogP contribution in [0.15, 0.2) is 66.7 Å². The molecule has 2 heterocycles. The van der Waals surface area contributed by atoms with Crippen LogP contribution in [-0.4, -0.2) is 34.7 Å².